The Labute approximate surface area is 102 Å². The lowest BCUT2D eigenvalue weighted by molar-refractivity contribution is 0.408. The lowest BCUT2D eigenvalue weighted by Crippen LogP contribution is -1.94. The second kappa shape index (κ2) is 4.50. The number of nitrogen functional groups attached to an aromatic ring is 1. The Morgan fingerprint density at radius 3 is 2.12 bits per heavy atom. The van der Waals surface area contributed by atoms with Gasteiger partial charge in [-0.25, -0.2) is 0 Å². The predicted octanol–water partition coefficient (Wildman–Crippen LogP) is 3.56. The lowest BCUT2D eigenvalue weighted by Gasteiger charge is -2.12. The molecule has 2 rings (SSSR count). The van der Waals surface area contributed by atoms with Crippen LogP contribution in [0, 0.1) is 13.8 Å². The van der Waals surface area contributed by atoms with Crippen LogP contribution in [0.15, 0.2) is 36.4 Å². The van der Waals surface area contributed by atoms with E-state index in [9.17, 15) is 0 Å². The number of benzene rings is 2. The molecule has 0 bridgehead atoms. The molecule has 0 saturated heterocycles. The SMILES string of the molecule is COc1c(C)cc(-c2ccccc2N)cc1C. The summed E-state index contributed by atoms with van der Waals surface area (Å²) in [5, 5.41) is 0. The normalized spacial score (nSPS) is 10.3. The van der Waals surface area contributed by atoms with Gasteiger partial charge in [-0.2, -0.15) is 0 Å². The van der Waals surface area contributed by atoms with Crippen LogP contribution in [-0.4, -0.2) is 7.11 Å². The molecule has 0 unspecified atom stereocenters. The first-order chi connectivity index (χ1) is 8.13. The molecular weight excluding hydrogens is 210 g/mol. The maximum atomic E-state index is 5.99. The molecule has 0 aliphatic rings. The molecule has 2 aromatic rings. The van der Waals surface area contributed by atoms with Gasteiger partial charge in [0.25, 0.3) is 0 Å². The maximum Gasteiger partial charge on any atom is 0.124 e. The first-order valence-corrected chi connectivity index (χ1v) is 5.63. The Kier molecular flexibility index (Phi) is 3.05. The van der Waals surface area contributed by atoms with Crippen LogP contribution in [0.3, 0.4) is 0 Å². The highest BCUT2D eigenvalue weighted by Gasteiger charge is 2.08. The zero-order valence-electron chi connectivity index (χ0n) is 10.4. The summed E-state index contributed by atoms with van der Waals surface area (Å²) in [5.74, 6) is 0.947. The van der Waals surface area contributed by atoms with Crippen molar-refractivity contribution in [3.8, 4) is 16.9 Å². The van der Waals surface area contributed by atoms with Gasteiger partial charge in [0.15, 0.2) is 0 Å². The number of hydrogen-bond donors (Lipinski definition) is 1. The fourth-order valence-corrected chi connectivity index (χ4v) is 2.19. The Balaban J connectivity index is 2.59. The number of anilines is 1. The van der Waals surface area contributed by atoms with E-state index in [1.54, 1.807) is 7.11 Å². The molecular formula is C15H17NO. The Bertz CT molecular complexity index is 523. The molecule has 0 fully saturated rings. The molecule has 0 aromatic heterocycles. The van der Waals surface area contributed by atoms with Crippen molar-refractivity contribution in [2.75, 3.05) is 12.8 Å². The molecule has 0 atom stereocenters. The third kappa shape index (κ3) is 2.11. The van der Waals surface area contributed by atoms with Crippen molar-refractivity contribution < 1.29 is 4.74 Å². The van der Waals surface area contributed by atoms with Crippen LogP contribution < -0.4 is 10.5 Å². The maximum absolute atomic E-state index is 5.99. The van der Waals surface area contributed by atoms with E-state index in [4.69, 9.17) is 10.5 Å². The van der Waals surface area contributed by atoms with Gasteiger partial charge in [-0.3, -0.25) is 0 Å². The summed E-state index contributed by atoms with van der Waals surface area (Å²) in [6, 6.07) is 12.1. The van der Waals surface area contributed by atoms with Crippen LogP contribution in [0.1, 0.15) is 11.1 Å². The van der Waals surface area contributed by atoms with Crippen LogP contribution in [0.25, 0.3) is 11.1 Å². The quantitative estimate of drug-likeness (QED) is 0.796. The summed E-state index contributed by atoms with van der Waals surface area (Å²) in [6.07, 6.45) is 0. The van der Waals surface area contributed by atoms with Gasteiger partial charge in [0.2, 0.25) is 0 Å². The van der Waals surface area contributed by atoms with E-state index in [0.29, 0.717) is 0 Å². The van der Waals surface area contributed by atoms with E-state index >= 15 is 0 Å². The standard InChI is InChI=1S/C15H17NO/c1-10-8-12(9-11(2)15(10)17-3)13-6-4-5-7-14(13)16/h4-9H,16H2,1-3H3. The van der Waals surface area contributed by atoms with Crippen molar-refractivity contribution in [3.05, 3.63) is 47.5 Å². The van der Waals surface area contributed by atoms with Gasteiger partial charge in [0.05, 0.1) is 7.11 Å². The highest BCUT2D eigenvalue weighted by Crippen LogP contribution is 2.32. The van der Waals surface area contributed by atoms with Gasteiger partial charge in [-0.15, -0.1) is 0 Å². The summed E-state index contributed by atoms with van der Waals surface area (Å²) in [7, 11) is 1.70. The molecule has 0 heterocycles. The van der Waals surface area contributed by atoms with Gasteiger partial charge < -0.3 is 10.5 Å². The average molecular weight is 227 g/mol. The summed E-state index contributed by atoms with van der Waals surface area (Å²) in [6.45, 7) is 4.10. The molecule has 0 radical (unpaired) electrons. The van der Waals surface area contributed by atoms with Gasteiger partial charge in [0.1, 0.15) is 5.75 Å². The number of ether oxygens (including phenoxy) is 1. The summed E-state index contributed by atoms with van der Waals surface area (Å²) < 4.78 is 5.37. The molecule has 0 amide bonds. The molecule has 17 heavy (non-hydrogen) atoms. The van der Waals surface area contributed by atoms with Gasteiger partial charge >= 0.3 is 0 Å². The van der Waals surface area contributed by atoms with E-state index in [2.05, 4.69) is 26.0 Å². The van der Waals surface area contributed by atoms with Crippen molar-refractivity contribution in [1.29, 1.82) is 0 Å². The van der Waals surface area contributed by atoms with E-state index in [1.807, 2.05) is 24.3 Å². The van der Waals surface area contributed by atoms with Crippen molar-refractivity contribution in [2.45, 2.75) is 13.8 Å². The highest BCUT2D eigenvalue weighted by molar-refractivity contribution is 5.77. The largest absolute Gasteiger partial charge is 0.496 e. The molecule has 2 N–H and O–H groups in total. The van der Waals surface area contributed by atoms with Crippen LogP contribution in [0.2, 0.25) is 0 Å². The Hall–Kier alpha value is -1.96. The second-order valence-electron chi connectivity index (χ2n) is 4.23. The fraction of sp³-hybridized carbons (Fsp3) is 0.200. The lowest BCUT2D eigenvalue weighted by atomic mass is 9.98. The number of methoxy groups -OCH3 is 1. The van der Waals surface area contributed by atoms with E-state index in [0.717, 1.165) is 33.7 Å². The first-order valence-electron chi connectivity index (χ1n) is 5.63. The fourth-order valence-electron chi connectivity index (χ4n) is 2.19. The van der Waals surface area contributed by atoms with Gasteiger partial charge in [-0.1, -0.05) is 18.2 Å². The number of aryl methyl sites for hydroxylation is 2. The molecule has 0 spiro atoms. The zero-order valence-corrected chi connectivity index (χ0v) is 10.4. The average Bonchev–Trinajstić information content (AvgIpc) is 2.29. The molecule has 0 saturated carbocycles. The minimum atomic E-state index is 0.802. The highest BCUT2D eigenvalue weighted by atomic mass is 16.5. The van der Waals surface area contributed by atoms with Crippen LogP contribution >= 0.6 is 0 Å². The third-order valence-electron chi connectivity index (χ3n) is 2.94. The number of rotatable bonds is 2. The van der Waals surface area contributed by atoms with Crippen molar-refractivity contribution in [3.63, 3.8) is 0 Å². The number of para-hydroxylation sites is 1. The monoisotopic (exact) mass is 227 g/mol. The summed E-state index contributed by atoms with van der Waals surface area (Å²) >= 11 is 0. The summed E-state index contributed by atoms with van der Waals surface area (Å²) in [5.41, 5.74) is 11.3. The van der Waals surface area contributed by atoms with E-state index in [-0.39, 0.29) is 0 Å². The van der Waals surface area contributed by atoms with Crippen LogP contribution in [-0.2, 0) is 0 Å². The minimum Gasteiger partial charge on any atom is -0.496 e. The van der Waals surface area contributed by atoms with Crippen LogP contribution in [0.4, 0.5) is 5.69 Å². The number of nitrogens with two attached hydrogens (primary N) is 1. The van der Waals surface area contributed by atoms with E-state index in [1.165, 1.54) is 0 Å². The smallest absolute Gasteiger partial charge is 0.124 e. The van der Waals surface area contributed by atoms with Crippen LogP contribution in [0.5, 0.6) is 5.75 Å². The first kappa shape index (κ1) is 11.5. The molecule has 88 valence electrons. The van der Waals surface area contributed by atoms with E-state index < -0.39 is 0 Å². The topological polar surface area (TPSA) is 35.2 Å². The summed E-state index contributed by atoms with van der Waals surface area (Å²) in [4.78, 5) is 0. The molecule has 0 aliphatic heterocycles. The minimum absolute atomic E-state index is 0.802. The van der Waals surface area contributed by atoms with Gasteiger partial charge in [-0.05, 0) is 48.7 Å². The molecule has 2 nitrogen and oxygen atoms in total. The van der Waals surface area contributed by atoms with Crippen molar-refractivity contribution >= 4 is 5.69 Å². The number of hydrogen-bond acceptors (Lipinski definition) is 2. The van der Waals surface area contributed by atoms with Crippen molar-refractivity contribution in [1.82, 2.24) is 0 Å². The Morgan fingerprint density at radius 2 is 1.59 bits per heavy atom. The molecule has 2 aromatic carbocycles. The third-order valence-corrected chi connectivity index (χ3v) is 2.94. The predicted molar refractivity (Wildman–Crippen MR) is 72.3 cm³/mol. The zero-order chi connectivity index (χ0) is 12.4. The van der Waals surface area contributed by atoms with Gasteiger partial charge in [0, 0.05) is 11.3 Å². The van der Waals surface area contributed by atoms with Crippen molar-refractivity contribution in [2.24, 2.45) is 0 Å². The second-order valence-corrected chi connectivity index (χ2v) is 4.23. The molecule has 2 heteroatoms. The molecule has 0 aliphatic carbocycles. The Morgan fingerprint density at radius 1 is 1.00 bits per heavy atom.